The van der Waals surface area contributed by atoms with Crippen molar-refractivity contribution >= 4 is 18.0 Å². The smallest absolute Gasteiger partial charge is 0.411 e. The monoisotopic (exact) mass is 522 g/mol. The zero-order valence-electron chi connectivity index (χ0n) is 22.9. The number of amides is 2. The van der Waals surface area contributed by atoms with Gasteiger partial charge in [0.15, 0.2) is 6.04 Å². The number of β-lactam (4-membered cyclic amide) rings is 1. The van der Waals surface area contributed by atoms with E-state index in [0.717, 1.165) is 11.1 Å². The largest absolute Gasteiger partial charge is 0.459 e. The van der Waals surface area contributed by atoms with Crippen molar-refractivity contribution in [2.75, 3.05) is 6.61 Å². The van der Waals surface area contributed by atoms with Gasteiger partial charge in [-0.05, 0) is 58.6 Å². The number of benzene rings is 2. The molecule has 0 aliphatic carbocycles. The molecule has 0 N–H and O–H groups in total. The average molecular weight is 523 g/mol. The van der Waals surface area contributed by atoms with E-state index in [9.17, 15) is 14.4 Å². The van der Waals surface area contributed by atoms with Gasteiger partial charge in [0.2, 0.25) is 0 Å². The lowest BCUT2D eigenvalue weighted by molar-refractivity contribution is -0.188. The number of hydrogen-bond donors (Lipinski definition) is 0. The van der Waals surface area contributed by atoms with Gasteiger partial charge in [-0.25, -0.2) is 9.59 Å². The zero-order chi connectivity index (χ0) is 27.5. The van der Waals surface area contributed by atoms with Crippen LogP contribution in [0.5, 0.6) is 0 Å². The minimum atomic E-state index is -1.04. The van der Waals surface area contributed by atoms with Gasteiger partial charge in [0.25, 0.3) is 5.91 Å². The van der Waals surface area contributed by atoms with Gasteiger partial charge in [-0.15, -0.1) is 0 Å². The first-order chi connectivity index (χ1) is 18.0. The molecule has 2 aliphatic rings. The summed E-state index contributed by atoms with van der Waals surface area (Å²) in [6.45, 7) is 9.60. The number of esters is 1. The minimum Gasteiger partial charge on any atom is -0.459 e. The van der Waals surface area contributed by atoms with Crippen LogP contribution in [0.4, 0.5) is 4.79 Å². The summed E-state index contributed by atoms with van der Waals surface area (Å²) in [5.74, 6) is -0.808. The Morgan fingerprint density at radius 1 is 0.974 bits per heavy atom. The predicted octanol–water partition coefficient (Wildman–Crippen LogP) is 4.70. The van der Waals surface area contributed by atoms with Gasteiger partial charge in [0, 0.05) is 6.04 Å². The molecule has 2 aromatic rings. The number of carbonyl (C=O) groups excluding carboxylic acids is 3. The number of ether oxygens (including phenoxy) is 3. The highest BCUT2D eigenvalue weighted by Gasteiger charge is 2.69. The molecule has 2 aliphatic heterocycles. The van der Waals surface area contributed by atoms with Crippen molar-refractivity contribution in [3.8, 4) is 0 Å². The number of rotatable bonds is 8. The molecule has 0 aromatic heterocycles. The molecular formula is C30H38N2O6. The number of nitrogens with zero attached hydrogens (tertiary/aromatic N) is 2. The minimum absolute atomic E-state index is 0.0172. The molecule has 8 nitrogen and oxygen atoms in total. The molecule has 3 unspecified atom stereocenters. The van der Waals surface area contributed by atoms with Crippen molar-refractivity contribution in [1.29, 1.82) is 0 Å². The third kappa shape index (κ3) is 5.55. The Bertz CT molecular complexity index is 1130. The normalized spacial score (nSPS) is 23.8. The van der Waals surface area contributed by atoms with Crippen molar-refractivity contribution in [2.45, 2.75) is 89.9 Å². The molecule has 2 heterocycles. The lowest BCUT2D eigenvalue weighted by Gasteiger charge is -2.58. The summed E-state index contributed by atoms with van der Waals surface area (Å²) >= 11 is 0. The molecule has 2 amide bonds. The van der Waals surface area contributed by atoms with Crippen LogP contribution in [0.1, 0.15) is 58.6 Å². The maximum atomic E-state index is 13.9. The number of carbonyl (C=O) groups is 3. The lowest BCUT2D eigenvalue weighted by Crippen LogP contribution is -2.81. The zero-order valence-corrected chi connectivity index (χ0v) is 22.9. The first kappa shape index (κ1) is 27.6. The van der Waals surface area contributed by atoms with Crippen molar-refractivity contribution in [1.82, 2.24) is 9.80 Å². The van der Waals surface area contributed by atoms with Gasteiger partial charge < -0.3 is 19.1 Å². The maximum Gasteiger partial charge on any atom is 0.411 e. The van der Waals surface area contributed by atoms with Crippen LogP contribution in [0.25, 0.3) is 0 Å². The Morgan fingerprint density at radius 3 is 2.11 bits per heavy atom. The molecule has 0 radical (unpaired) electrons. The Morgan fingerprint density at radius 2 is 1.55 bits per heavy atom. The fraction of sp³-hybridized carbons (Fsp3) is 0.500. The molecular weight excluding hydrogens is 484 g/mol. The topological polar surface area (TPSA) is 85.4 Å². The molecule has 1 spiro atoms. The molecule has 0 saturated carbocycles. The van der Waals surface area contributed by atoms with Gasteiger partial charge >= 0.3 is 12.1 Å². The molecule has 8 heteroatoms. The highest BCUT2D eigenvalue weighted by molar-refractivity contribution is 6.00. The van der Waals surface area contributed by atoms with E-state index in [0.29, 0.717) is 19.4 Å². The first-order valence-corrected chi connectivity index (χ1v) is 13.2. The second-order valence-corrected chi connectivity index (χ2v) is 11.2. The Hall–Kier alpha value is -3.39. The van der Waals surface area contributed by atoms with E-state index in [-0.39, 0.29) is 25.2 Å². The van der Waals surface area contributed by atoms with Crippen LogP contribution in [0, 0.1) is 0 Å². The molecule has 2 saturated heterocycles. The van der Waals surface area contributed by atoms with E-state index in [4.69, 9.17) is 14.2 Å². The number of hydrogen-bond acceptors (Lipinski definition) is 6. The van der Waals surface area contributed by atoms with Gasteiger partial charge in [-0.3, -0.25) is 9.69 Å². The lowest BCUT2D eigenvalue weighted by atomic mass is 9.76. The van der Waals surface area contributed by atoms with E-state index in [2.05, 4.69) is 0 Å². The van der Waals surface area contributed by atoms with Crippen LogP contribution in [0.15, 0.2) is 60.7 Å². The van der Waals surface area contributed by atoms with E-state index >= 15 is 0 Å². The summed E-state index contributed by atoms with van der Waals surface area (Å²) in [5, 5.41) is 0. The van der Waals surface area contributed by atoms with Crippen LogP contribution in [-0.4, -0.2) is 63.6 Å². The highest BCUT2D eigenvalue weighted by atomic mass is 16.6. The standard InChI is InChI=1S/C30H38N2O6/c1-21-16-17-30(32(21)28(35)38-29(3,4)5)22(2)31(27(30)34)25(20-36-18-23-12-8-6-9-13-23)26(33)37-19-24-14-10-7-11-15-24/h6-15,21-22,25H,16-20H2,1-5H3/t21?,22?,25-,30?/m0/s1. The SMILES string of the molecule is CC1CCC2(C(=O)N([C@@H](COCc3ccccc3)C(=O)OCc3ccccc3)C2C)N1C(=O)OC(C)(C)C. The second kappa shape index (κ2) is 11.2. The fourth-order valence-corrected chi connectivity index (χ4v) is 5.45. The van der Waals surface area contributed by atoms with Gasteiger partial charge in [0.1, 0.15) is 17.7 Å². The van der Waals surface area contributed by atoms with Crippen LogP contribution in [0.2, 0.25) is 0 Å². The second-order valence-electron chi connectivity index (χ2n) is 11.2. The van der Waals surface area contributed by atoms with Crippen LogP contribution in [0.3, 0.4) is 0 Å². The molecule has 0 bridgehead atoms. The summed E-state index contributed by atoms with van der Waals surface area (Å²) in [5.41, 5.74) is 0.0823. The van der Waals surface area contributed by atoms with E-state index in [1.165, 1.54) is 4.90 Å². The Kier molecular flexibility index (Phi) is 8.11. The summed E-state index contributed by atoms with van der Waals surface area (Å²) in [7, 11) is 0. The van der Waals surface area contributed by atoms with E-state index < -0.39 is 35.3 Å². The Balaban J connectivity index is 1.52. The average Bonchev–Trinajstić information content (AvgIpc) is 3.26. The highest BCUT2D eigenvalue weighted by Crippen LogP contribution is 2.48. The summed E-state index contributed by atoms with van der Waals surface area (Å²) < 4.78 is 17.2. The van der Waals surface area contributed by atoms with Crippen LogP contribution < -0.4 is 0 Å². The van der Waals surface area contributed by atoms with E-state index in [1.54, 1.807) is 25.7 Å². The van der Waals surface area contributed by atoms with Gasteiger partial charge in [0.05, 0.1) is 19.3 Å². The van der Waals surface area contributed by atoms with Crippen molar-refractivity contribution in [3.63, 3.8) is 0 Å². The van der Waals surface area contributed by atoms with Gasteiger partial charge in [-0.1, -0.05) is 60.7 Å². The van der Waals surface area contributed by atoms with E-state index in [1.807, 2.05) is 74.5 Å². The predicted molar refractivity (Wildman–Crippen MR) is 142 cm³/mol. The quantitative estimate of drug-likeness (QED) is 0.369. The van der Waals surface area contributed by atoms with Crippen LogP contribution >= 0.6 is 0 Å². The maximum absolute atomic E-state index is 13.9. The third-order valence-electron chi connectivity index (χ3n) is 7.34. The third-order valence-corrected chi connectivity index (χ3v) is 7.34. The fourth-order valence-electron chi connectivity index (χ4n) is 5.45. The molecule has 2 aromatic carbocycles. The molecule has 38 heavy (non-hydrogen) atoms. The summed E-state index contributed by atoms with van der Waals surface area (Å²) in [6, 6.07) is 17.5. The summed E-state index contributed by atoms with van der Waals surface area (Å²) in [6.07, 6.45) is 0.683. The van der Waals surface area contributed by atoms with Crippen molar-refractivity contribution in [3.05, 3.63) is 71.8 Å². The van der Waals surface area contributed by atoms with Crippen molar-refractivity contribution < 1.29 is 28.6 Å². The molecule has 204 valence electrons. The van der Waals surface area contributed by atoms with Crippen molar-refractivity contribution in [2.24, 2.45) is 0 Å². The Labute approximate surface area is 224 Å². The summed E-state index contributed by atoms with van der Waals surface area (Å²) in [4.78, 5) is 43.5. The first-order valence-electron chi connectivity index (χ1n) is 13.2. The number of likely N-dealkylation sites (tertiary alicyclic amines) is 2. The van der Waals surface area contributed by atoms with Crippen LogP contribution in [-0.2, 0) is 37.0 Å². The molecule has 4 rings (SSSR count). The molecule has 4 atom stereocenters. The molecule has 2 fully saturated rings. The van der Waals surface area contributed by atoms with Gasteiger partial charge in [-0.2, -0.15) is 0 Å².